The van der Waals surface area contributed by atoms with E-state index < -0.39 is 0 Å². The van der Waals surface area contributed by atoms with Gasteiger partial charge >= 0.3 is 0 Å². The second kappa shape index (κ2) is 4.57. The molecule has 2 aromatic rings. The summed E-state index contributed by atoms with van der Waals surface area (Å²) in [5.41, 5.74) is 8.96. The van der Waals surface area contributed by atoms with Gasteiger partial charge < -0.3 is 10.3 Å². The van der Waals surface area contributed by atoms with Crippen molar-refractivity contribution in [3.05, 3.63) is 28.5 Å². The van der Waals surface area contributed by atoms with Crippen molar-refractivity contribution >= 4 is 17.2 Å². The van der Waals surface area contributed by atoms with E-state index in [2.05, 4.69) is 23.4 Å². The maximum Gasteiger partial charge on any atom is 0.251 e. The third-order valence-corrected chi connectivity index (χ3v) is 3.90. The molecule has 1 amide bonds. The van der Waals surface area contributed by atoms with Crippen LogP contribution < -0.4 is 5.73 Å². The van der Waals surface area contributed by atoms with Gasteiger partial charge in [-0.05, 0) is 27.7 Å². The van der Waals surface area contributed by atoms with E-state index in [1.165, 1.54) is 11.3 Å². The molecule has 0 aliphatic carbocycles. The highest BCUT2D eigenvalue weighted by atomic mass is 32.1. The molecule has 0 bridgehead atoms. The Labute approximate surface area is 110 Å². The van der Waals surface area contributed by atoms with Crippen molar-refractivity contribution in [1.29, 1.82) is 0 Å². The van der Waals surface area contributed by atoms with Gasteiger partial charge in [0.15, 0.2) is 0 Å². The van der Waals surface area contributed by atoms with Crippen molar-refractivity contribution in [2.24, 2.45) is 5.73 Å². The summed E-state index contributed by atoms with van der Waals surface area (Å²) in [6.45, 7) is 8.13. The summed E-state index contributed by atoms with van der Waals surface area (Å²) in [6, 6.07) is 0.289. The van der Waals surface area contributed by atoms with Crippen LogP contribution in [0, 0.1) is 13.8 Å². The van der Waals surface area contributed by atoms with Crippen LogP contribution in [0.3, 0.4) is 0 Å². The lowest BCUT2D eigenvalue weighted by atomic mass is 10.1. The summed E-state index contributed by atoms with van der Waals surface area (Å²) < 4.78 is 2.14. The fraction of sp³-hybridized carbons (Fsp3) is 0.385. The van der Waals surface area contributed by atoms with Gasteiger partial charge in [0.1, 0.15) is 5.01 Å². The molecule has 2 aromatic heterocycles. The highest BCUT2D eigenvalue weighted by Gasteiger charge is 2.24. The lowest BCUT2D eigenvalue weighted by molar-refractivity contribution is 0.1000. The summed E-state index contributed by atoms with van der Waals surface area (Å²) in [5, 5.41) is 2.76. The number of nitrogens with zero attached hydrogens (tertiary/aromatic N) is 2. The molecule has 0 spiro atoms. The van der Waals surface area contributed by atoms with Gasteiger partial charge in [-0.1, -0.05) is 0 Å². The minimum atomic E-state index is -0.389. The summed E-state index contributed by atoms with van der Waals surface area (Å²) in [7, 11) is 0. The molecule has 0 aliphatic heterocycles. The second-order valence-electron chi connectivity index (χ2n) is 4.59. The molecule has 0 radical (unpaired) electrons. The molecule has 96 valence electrons. The number of nitrogens with two attached hydrogens (primary N) is 1. The van der Waals surface area contributed by atoms with Crippen LogP contribution in [0.1, 0.15) is 41.6 Å². The molecule has 0 saturated heterocycles. The van der Waals surface area contributed by atoms with E-state index in [9.17, 15) is 4.79 Å². The average Bonchev–Trinajstić information content (AvgIpc) is 2.83. The molecule has 0 fully saturated rings. The average molecular weight is 263 g/mol. The topological polar surface area (TPSA) is 60.9 Å². The van der Waals surface area contributed by atoms with Gasteiger partial charge in [0.25, 0.3) is 5.91 Å². The van der Waals surface area contributed by atoms with Crippen molar-refractivity contribution in [2.75, 3.05) is 0 Å². The number of carbonyl (C=O) groups excluding carboxylic acids is 1. The van der Waals surface area contributed by atoms with Gasteiger partial charge in [-0.15, -0.1) is 11.3 Å². The minimum Gasteiger partial charge on any atom is -0.366 e. The Morgan fingerprint density at radius 3 is 2.50 bits per heavy atom. The molecule has 0 aliphatic rings. The van der Waals surface area contributed by atoms with E-state index in [1.54, 1.807) is 6.20 Å². The highest BCUT2D eigenvalue weighted by Crippen LogP contribution is 2.34. The van der Waals surface area contributed by atoms with Gasteiger partial charge in [0, 0.05) is 34.6 Å². The first-order chi connectivity index (χ1) is 8.45. The molecular weight excluding hydrogens is 246 g/mol. The largest absolute Gasteiger partial charge is 0.366 e. The molecule has 2 heterocycles. The van der Waals surface area contributed by atoms with Crippen LogP contribution in [-0.2, 0) is 0 Å². The number of primary amides is 1. The fourth-order valence-corrected chi connectivity index (χ4v) is 3.28. The first-order valence-electron chi connectivity index (χ1n) is 5.86. The van der Waals surface area contributed by atoms with Crippen molar-refractivity contribution in [3.8, 4) is 10.6 Å². The molecule has 5 heteroatoms. The third kappa shape index (κ3) is 1.84. The van der Waals surface area contributed by atoms with E-state index in [-0.39, 0.29) is 11.9 Å². The van der Waals surface area contributed by atoms with Gasteiger partial charge in [-0.25, -0.2) is 4.98 Å². The van der Waals surface area contributed by atoms with E-state index in [1.807, 2.05) is 19.2 Å². The molecule has 2 N–H and O–H groups in total. The molecular formula is C13H17N3OS. The van der Waals surface area contributed by atoms with Crippen molar-refractivity contribution < 1.29 is 4.79 Å². The Balaban J connectivity index is 2.79. The lowest BCUT2D eigenvalue weighted by Gasteiger charge is -2.13. The number of aromatic nitrogens is 2. The third-order valence-electron chi connectivity index (χ3n) is 3.11. The fourth-order valence-electron chi connectivity index (χ4n) is 2.54. The molecule has 18 heavy (non-hydrogen) atoms. The quantitative estimate of drug-likeness (QED) is 0.925. The van der Waals surface area contributed by atoms with Crippen molar-refractivity contribution in [2.45, 2.75) is 33.7 Å². The zero-order valence-electron chi connectivity index (χ0n) is 11.0. The predicted molar refractivity (Wildman–Crippen MR) is 73.9 cm³/mol. The van der Waals surface area contributed by atoms with Crippen LogP contribution >= 0.6 is 11.3 Å². The monoisotopic (exact) mass is 263 g/mol. The number of hydrogen-bond donors (Lipinski definition) is 1. The Bertz CT molecular complexity index is 582. The summed E-state index contributed by atoms with van der Waals surface area (Å²) in [6.07, 6.45) is 1.74. The van der Waals surface area contributed by atoms with Crippen LogP contribution in [0.4, 0.5) is 0 Å². The predicted octanol–water partition coefficient (Wildman–Crippen LogP) is 2.91. The van der Waals surface area contributed by atoms with Crippen LogP contribution in [0.2, 0.25) is 0 Å². The summed E-state index contributed by atoms with van der Waals surface area (Å²) >= 11 is 1.52. The first kappa shape index (κ1) is 12.8. The SMILES string of the molecule is Cc1c(C(N)=O)c(-c2nccs2)c(C)n1C(C)C. The second-order valence-corrected chi connectivity index (χ2v) is 5.48. The van der Waals surface area contributed by atoms with Crippen molar-refractivity contribution in [3.63, 3.8) is 0 Å². The summed E-state index contributed by atoms with van der Waals surface area (Å²) in [5.74, 6) is -0.389. The number of amides is 1. The van der Waals surface area contributed by atoms with E-state index in [0.29, 0.717) is 5.56 Å². The van der Waals surface area contributed by atoms with Gasteiger partial charge in [0.05, 0.1) is 5.56 Å². The maximum atomic E-state index is 11.7. The molecule has 4 nitrogen and oxygen atoms in total. The van der Waals surface area contributed by atoms with Gasteiger partial charge in [-0.3, -0.25) is 4.79 Å². The maximum absolute atomic E-state index is 11.7. The van der Waals surface area contributed by atoms with E-state index in [0.717, 1.165) is 22.0 Å². The zero-order valence-corrected chi connectivity index (χ0v) is 11.8. The number of hydrogen-bond acceptors (Lipinski definition) is 3. The van der Waals surface area contributed by atoms with Crippen LogP contribution in [0.5, 0.6) is 0 Å². The van der Waals surface area contributed by atoms with Gasteiger partial charge in [-0.2, -0.15) is 0 Å². The first-order valence-corrected chi connectivity index (χ1v) is 6.74. The standard InChI is InChI=1S/C13H17N3OS/c1-7(2)16-8(3)10(12(14)17)11(9(16)4)13-15-5-6-18-13/h5-7H,1-4H3,(H2,14,17). The number of thiazole rings is 1. The molecule has 0 unspecified atom stereocenters. The number of rotatable bonds is 3. The Morgan fingerprint density at radius 2 is 2.06 bits per heavy atom. The molecule has 2 rings (SSSR count). The number of carbonyl (C=O) groups is 1. The van der Waals surface area contributed by atoms with Crippen LogP contribution in [0.15, 0.2) is 11.6 Å². The van der Waals surface area contributed by atoms with E-state index in [4.69, 9.17) is 5.73 Å². The zero-order chi connectivity index (χ0) is 13.4. The normalized spacial score (nSPS) is 11.2. The van der Waals surface area contributed by atoms with Gasteiger partial charge in [0.2, 0.25) is 0 Å². The minimum absolute atomic E-state index is 0.289. The molecule has 0 saturated carbocycles. The molecule has 0 aromatic carbocycles. The Kier molecular flexibility index (Phi) is 3.26. The van der Waals surface area contributed by atoms with Crippen molar-refractivity contribution in [1.82, 2.24) is 9.55 Å². The Hall–Kier alpha value is -1.62. The smallest absolute Gasteiger partial charge is 0.251 e. The molecule has 0 atom stereocenters. The van der Waals surface area contributed by atoms with E-state index >= 15 is 0 Å². The highest BCUT2D eigenvalue weighted by molar-refractivity contribution is 7.13. The van der Waals surface area contributed by atoms with Crippen LogP contribution in [-0.4, -0.2) is 15.5 Å². The Morgan fingerprint density at radius 1 is 1.39 bits per heavy atom. The van der Waals surface area contributed by atoms with Crippen LogP contribution in [0.25, 0.3) is 10.6 Å². The summed E-state index contributed by atoms with van der Waals surface area (Å²) in [4.78, 5) is 16.0. The lowest BCUT2D eigenvalue weighted by Crippen LogP contribution is -2.13.